The van der Waals surface area contributed by atoms with Gasteiger partial charge in [-0.1, -0.05) is 19.9 Å². The van der Waals surface area contributed by atoms with Crippen LogP contribution in [0.4, 0.5) is 4.79 Å². The zero-order valence-electron chi connectivity index (χ0n) is 16.0. The molecule has 0 aromatic heterocycles. The number of urea groups is 1. The average molecular weight is 378 g/mol. The predicted molar refractivity (Wildman–Crippen MR) is 101 cm³/mol. The van der Waals surface area contributed by atoms with Gasteiger partial charge in [-0.05, 0) is 36.1 Å². The maximum absolute atomic E-state index is 11.7. The number of carbonyl (C=O) groups is 3. The van der Waals surface area contributed by atoms with E-state index in [0.29, 0.717) is 29.5 Å². The van der Waals surface area contributed by atoms with Gasteiger partial charge in [0.25, 0.3) is 5.91 Å². The SMILES string of the molecule is COc1ccc(/C=C/C(=O)OCC(=O)NC(=O)NCCC(C)C)cc1OC. The van der Waals surface area contributed by atoms with Crippen LogP contribution in [0.3, 0.4) is 0 Å². The van der Waals surface area contributed by atoms with Gasteiger partial charge in [-0.25, -0.2) is 9.59 Å². The number of esters is 1. The van der Waals surface area contributed by atoms with Gasteiger partial charge >= 0.3 is 12.0 Å². The zero-order chi connectivity index (χ0) is 20.2. The molecule has 3 amide bonds. The van der Waals surface area contributed by atoms with E-state index in [1.807, 2.05) is 13.8 Å². The first-order valence-corrected chi connectivity index (χ1v) is 8.50. The van der Waals surface area contributed by atoms with E-state index in [2.05, 4.69) is 10.6 Å². The molecule has 0 saturated carbocycles. The quantitative estimate of drug-likeness (QED) is 0.504. The van der Waals surface area contributed by atoms with Gasteiger partial charge in [0.1, 0.15) is 0 Å². The van der Waals surface area contributed by atoms with Gasteiger partial charge in [0.05, 0.1) is 14.2 Å². The second kappa shape index (κ2) is 11.6. The van der Waals surface area contributed by atoms with E-state index >= 15 is 0 Å². The number of rotatable bonds is 9. The molecule has 27 heavy (non-hydrogen) atoms. The number of nitrogens with one attached hydrogen (secondary N) is 2. The molecule has 2 N–H and O–H groups in total. The molecule has 0 atom stereocenters. The molecule has 8 nitrogen and oxygen atoms in total. The number of imide groups is 1. The summed E-state index contributed by atoms with van der Waals surface area (Å²) in [5, 5.41) is 4.64. The van der Waals surface area contributed by atoms with Crippen molar-refractivity contribution in [2.24, 2.45) is 5.92 Å². The lowest BCUT2D eigenvalue weighted by Gasteiger charge is -2.08. The number of ether oxygens (including phenoxy) is 3. The Morgan fingerprint density at radius 2 is 1.81 bits per heavy atom. The van der Waals surface area contributed by atoms with Gasteiger partial charge in [0, 0.05) is 12.6 Å². The van der Waals surface area contributed by atoms with Crippen molar-refractivity contribution in [3.63, 3.8) is 0 Å². The lowest BCUT2D eigenvalue weighted by molar-refractivity contribution is -0.143. The van der Waals surface area contributed by atoms with Crippen molar-refractivity contribution in [2.75, 3.05) is 27.4 Å². The minimum Gasteiger partial charge on any atom is -0.493 e. The highest BCUT2D eigenvalue weighted by atomic mass is 16.5. The summed E-state index contributed by atoms with van der Waals surface area (Å²) in [4.78, 5) is 34.7. The Balaban J connectivity index is 2.40. The normalized spacial score (nSPS) is 10.6. The fourth-order valence-corrected chi connectivity index (χ4v) is 1.99. The van der Waals surface area contributed by atoms with Crippen LogP contribution in [0.1, 0.15) is 25.8 Å². The van der Waals surface area contributed by atoms with Crippen LogP contribution in [-0.4, -0.2) is 45.3 Å². The van der Waals surface area contributed by atoms with Crippen LogP contribution in [0.2, 0.25) is 0 Å². The molecule has 8 heteroatoms. The van der Waals surface area contributed by atoms with Crippen LogP contribution in [0.15, 0.2) is 24.3 Å². The number of methoxy groups -OCH3 is 2. The molecule has 0 spiro atoms. The van der Waals surface area contributed by atoms with Crippen LogP contribution in [-0.2, 0) is 14.3 Å². The predicted octanol–water partition coefficient (Wildman–Crippen LogP) is 2.13. The van der Waals surface area contributed by atoms with Crippen molar-refractivity contribution >= 4 is 24.0 Å². The molecule has 148 valence electrons. The van der Waals surface area contributed by atoms with Crippen molar-refractivity contribution in [3.05, 3.63) is 29.8 Å². The van der Waals surface area contributed by atoms with Crippen LogP contribution >= 0.6 is 0 Å². The van der Waals surface area contributed by atoms with Crippen LogP contribution in [0, 0.1) is 5.92 Å². The molecule has 0 unspecified atom stereocenters. The molecule has 0 heterocycles. The fraction of sp³-hybridized carbons (Fsp3) is 0.421. The molecule has 0 aliphatic carbocycles. The van der Waals surface area contributed by atoms with Crippen molar-refractivity contribution in [1.29, 1.82) is 0 Å². The summed E-state index contributed by atoms with van der Waals surface area (Å²) in [5.41, 5.74) is 0.693. The van der Waals surface area contributed by atoms with Gasteiger partial charge < -0.3 is 19.5 Å². The van der Waals surface area contributed by atoms with Crippen molar-refractivity contribution in [3.8, 4) is 11.5 Å². The van der Waals surface area contributed by atoms with E-state index in [9.17, 15) is 14.4 Å². The Kier molecular flexibility index (Phi) is 9.42. The third-order valence-corrected chi connectivity index (χ3v) is 3.43. The van der Waals surface area contributed by atoms with Crippen molar-refractivity contribution in [1.82, 2.24) is 10.6 Å². The first kappa shape index (κ1) is 22.0. The van der Waals surface area contributed by atoms with Gasteiger partial charge in [-0.3, -0.25) is 10.1 Å². The number of hydrogen-bond acceptors (Lipinski definition) is 6. The smallest absolute Gasteiger partial charge is 0.331 e. The maximum atomic E-state index is 11.7. The lowest BCUT2D eigenvalue weighted by Crippen LogP contribution is -2.41. The van der Waals surface area contributed by atoms with Crippen molar-refractivity contribution < 1.29 is 28.6 Å². The number of amides is 3. The number of carbonyl (C=O) groups excluding carboxylic acids is 3. The summed E-state index contributed by atoms with van der Waals surface area (Å²) in [6, 6.07) is 4.52. The second-order valence-corrected chi connectivity index (χ2v) is 6.04. The molecule has 0 fully saturated rings. The third kappa shape index (κ3) is 8.75. The highest BCUT2D eigenvalue weighted by Crippen LogP contribution is 2.27. The fourth-order valence-electron chi connectivity index (χ4n) is 1.99. The largest absolute Gasteiger partial charge is 0.493 e. The summed E-state index contributed by atoms with van der Waals surface area (Å²) in [5.74, 6) is 0.126. The Morgan fingerprint density at radius 3 is 2.44 bits per heavy atom. The highest BCUT2D eigenvalue weighted by Gasteiger charge is 2.09. The van der Waals surface area contributed by atoms with Gasteiger partial charge in [-0.15, -0.1) is 0 Å². The van der Waals surface area contributed by atoms with Crippen molar-refractivity contribution in [2.45, 2.75) is 20.3 Å². The molecule has 0 radical (unpaired) electrons. The monoisotopic (exact) mass is 378 g/mol. The van der Waals surface area contributed by atoms with E-state index in [4.69, 9.17) is 14.2 Å². The molecule has 1 aromatic rings. The lowest BCUT2D eigenvalue weighted by atomic mass is 10.1. The van der Waals surface area contributed by atoms with Gasteiger partial charge in [-0.2, -0.15) is 0 Å². The minimum atomic E-state index is -0.708. The third-order valence-electron chi connectivity index (χ3n) is 3.43. The van der Waals surface area contributed by atoms with E-state index in [1.54, 1.807) is 18.2 Å². The first-order chi connectivity index (χ1) is 12.8. The molecular formula is C19H26N2O6. The number of hydrogen-bond donors (Lipinski definition) is 2. The molecule has 0 saturated heterocycles. The van der Waals surface area contributed by atoms with Crippen LogP contribution < -0.4 is 20.1 Å². The van der Waals surface area contributed by atoms with Crippen LogP contribution in [0.5, 0.6) is 11.5 Å². The van der Waals surface area contributed by atoms with E-state index in [-0.39, 0.29) is 0 Å². The Morgan fingerprint density at radius 1 is 1.11 bits per heavy atom. The van der Waals surface area contributed by atoms with Gasteiger partial charge in [0.2, 0.25) is 0 Å². The average Bonchev–Trinajstić information content (AvgIpc) is 2.63. The Hall–Kier alpha value is -3.03. The molecule has 0 bridgehead atoms. The minimum absolute atomic E-state index is 0.444. The van der Waals surface area contributed by atoms with E-state index < -0.39 is 24.5 Å². The number of benzene rings is 1. The van der Waals surface area contributed by atoms with Gasteiger partial charge in [0.15, 0.2) is 18.1 Å². The topological polar surface area (TPSA) is 103 Å². The zero-order valence-corrected chi connectivity index (χ0v) is 16.0. The summed E-state index contributed by atoms with van der Waals surface area (Å²) in [6.07, 6.45) is 3.50. The summed E-state index contributed by atoms with van der Waals surface area (Å²) >= 11 is 0. The Labute approximate surface area is 158 Å². The summed E-state index contributed by atoms with van der Waals surface area (Å²) < 4.78 is 15.1. The molecule has 1 aromatic carbocycles. The molecule has 1 rings (SSSR count). The highest BCUT2D eigenvalue weighted by molar-refractivity contribution is 5.96. The first-order valence-electron chi connectivity index (χ1n) is 8.50. The van der Waals surface area contributed by atoms with E-state index in [0.717, 1.165) is 6.42 Å². The molecular weight excluding hydrogens is 352 g/mol. The van der Waals surface area contributed by atoms with E-state index in [1.165, 1.54) is 26.4 Å². The molecule has 0 aliphatic rings. The summed E-state index contributed by atoms with van der Waals surface area (Å²) in [7, 11) is 3.04. The summed E-state index contributed by atoms with van der Waals surface area (Å²) in [6.45, 7) is 3.97. The van der Waals surface area contributed by atoms with Crippen LogP contribution in [0.25, 0.3) is 6.08 Å². The standard InChI is InChI=1S/C19H26N2O6/c1-13(2)9-10-20-19(24)21-17(22)12-27-18(23)8-6-14-5-7-15(25-3)16(11-14)26-4/h5-8,11,13H,9-10,12H2,1-4H3,(H2,20,21,22,24)/b8-6+. The maximum Gasteiger partial charge on any atom is 0.331 e. The second-order valence-electron chi connectivity index (χ2n) is 6.04. The molecule has 0 aliphatic heterocycles. The Bertz CT molecular complexity index is 685.